The molecule has 0 aliphatic carbocycles. The molecule has 180 valence electrons. The van der Waals surface area contributed by atoms with Gasteiger partial charge in [-0.2, -0.15) is 0 Å². The number of urea groups is 1. The zero-order chi connectivity index (χ0) is 24.9. The van der Waals surface area contributed by atoms with Crippen molar-refractivity contribution in [2.24, 2.45) is 0 Å². The molecule has 0 spiro atoms. The highest BCUT2D eigenvalue weighted by Gasteiger charge is 2.35. The van der Waals surface area contributed by atoms with Crippen LogP contribution in [0, 0.1) is 11.6 Å². The van der Waals surface area contributed by atoms with Gasteiger partial charge in [-0.05, 0) is 23.8 Å². The fourth-order valence-corrected chi connectivity index (χ4v) is 4.46. The van der Waals surface area contributed by atoms with Gasteiger partial charge in [-0.1, -0.05) is 6.07 Å². The first-order valence-corrected chi connectivity index (χ1v) is 10.5. The van der Waals surface area contributed by atoms with Crippen LogP contribution < -0.4 is 20.7 Å². The van der Waals surface area contributed by atoms with E-state index in [-0.39, 0.29) is 54.3 Å². The summed E-state index contributed by atoms with van der Waals surface area (Å²) in [4.78, 5) is 49.1. The van der Waals surface area contributed by atoms with E-state index >= 15 is 0 Å². The fourth-order valence-electron chi connectivity index (χ4n) is 4.46. The SMILES string of the molecule is COc1ccc2c(c1F)C(=O)N(C[C@H](NC(=O)NC=O)c1cc3cc(F)c4c(c3o1)CNC4=O)C2. The highest BCUT2D eigenvalue weighted by atomic mass is 19.1. The van der Waals surface area contributed by atoms with Crippen LogP contribution in [-0.2, 0) is 17.9 Å². The molecule has 2 aliphatic heterocycles. The second kappa shape index (κ2) is 8.38. The van der Waals surface area contributed by atoms with E-state index in [1.807, 2.05) is 5.32 Å². The molecule has 3 heterocycles. The lowest BCUT2D eigenvalue weighted by atomic mass is 10.1. The van der Waals surface area contributed by atoms with E-state index in [1.165, 1.54) is 24.1 Å². The predicted octanol–water partition coefficient (Wildman–Crippen LogP) is 2.12. The van der Waals surface area contributed by atoms with Gasteiger partial charge in [-0.25, -0.2) is 13.6 Å². The molecule has 0 bridgehead atoms. The molecule has 0 saturated carbocycles. The second-order valence-electron chi connectivity index (χ2n) is 8.05. The summed E-state index contributed by atoms with van der Waals surface area (Å²) in [5.74, 6) is -2.60. The van der Waals surface area contributed by atoms with Gasteiger partial charge in [-0.15, -0.1) is 0 Å². The Morgan fingerprint density at radius 3 is 2.83 bits per heavy atom. The monoisotopic (exact) mass is 484 g/mol. The number of nitrogens with one attached hydrogen (secondary N) is 3. The van der Waals surface area contributed by atoms with Crippen LogP contribution in [0.15, 0.2) is 28.7 Å². The van der Waals surface area contributed by atoms with E-state index < -0.39 is 35.5 Å². The number of amides is 5. The average Bonchev–Trinajstić information content (AvgIpc) is 3.50. The summed E-state index contributed by atoms with van der Waals surface area (Å²) >= 11 is 0. The Morgan fingerprint density at radius 1 is 1.29 bits per heavy atom. The number of halogens is 2. The molecule has 0 unspecified atom stereocenters. The maximum absolute atomic E-state index is 14.7. The Kier molecular flexibility index (Phi) is 5.35. The lowest BCUT2D eigenvalue weighted by Crippen LogP contribution is -2.42. The molecule has 0 fully saturated rings. The number of carbonyl (C=O) groups is 4. The van der Waals surface area contributed by atoms with Gasteiger partial charge in [0.05, 0.1) is 18.2 Å². The molecule has 3 N–H and O–H groups in total. The quantitative estimate of drug-likeness (QED) is 0.460. The van der Waals surface area contributed by atoms with Crippen LogP contribution in [0.4, 0.5) is 13.6 Å². The van der Waals surface area contributed by atoms with Crippen molar-refractivity contribution in [3.8, 4) is 5.75 Å². The molecule has 5 rings (SSSR count). The van der Waals surface area contributed by atoms with E-state index in [0.717, 1.165) is 6.07 Å². The smallest absolute Gasteiger partial charge is 0.321 e. The number of nitrogens with zero attached hydrogens (tertiary/aromatic N) is 1. The topological polar surface area (TPSA) is 130 Å². The molecule has 12 heteroatoms. The number of ether oxygens (including phenoxy) is 1. The lowest BCUT2D eigenvalue weighted by Gasteiger charge is -2.23. The Labute approximate surface area is 196 Å². The molecule has 5 amide bonds. The zero-order valence-electron chi connectivity index (χ0n) is 18.2. The summed E-state index contributed by atoms with van der Waals surface area (Å²) in [6.07, 6.45) is 0.184. The van der Waals surface area contributed by atoms with Crippen molar-refractivity contribution in [3.05, 3.63) is 63.9 Å². The predicted molar refractivity (Wildman–Crippen MR) is 116 cm³/mol. The minimum atomic E-state index is -0.991. The third-order valence-electron chi connectivity index (χ3n) is 6.05. The molecule has 2 aromatic carbocycles. The van der Waals surface area contributed by atoms with Crippen LogP contribution in [0.1, 0.15) is 43.6 Å². The van der Waals surface area contributed by atoms with Gasteiger partial charge in [0.1, 0.15) is 23.2 Å². The van der Waals surface area contributed by atoms with Gasteiger partial charge in [0, 0.05) is 30.6 Å². The minimum absolute atomic E-state index is 0.0608. The van der Waals surface area contributed by atoms with Crippen molar-refractivity contribution < 1.29 is 37.1 Å². The largest absolute Gasteiger partial charge is 0.494 e. The van der Waals surface area contributed by atoms with E-state index in [1.54, 1.807) is 6.07 Å². The first kappa shape index (κ1) is 22.3. The molecule has 3 aromatic rings. The summed E-state index contributed by atoms with van der Waals surface area (Å²) < 4.78 is 40.1. The molecule has 1 aromatic heterocycles. The molecule has 10 nitrogen and oxygen atoms in total. The number of hydrogen-bond donors (Lipinski definition) is 3. The number of furan rings is 1. The fraction of sp³-hybridized carbons (Fsp3) is 0.217. The Morgan fingerprint density at radius 2 is 2.09 bits per heavy atom. The van der Waals surface area contributed by atoms with Crippen LogP contribution in [0.5, 0.6) is 5.75 Å². The van der Waals surface area contributed by atoms with E-state index in [9.17, 15) is 28.0 Å². The van der Waals surface area contributed by atoms with Crippen LogP contribution in [0.2, 0.25) is 0 Å². The number of methoxy groups -OCH3 is 1. The number of benzene rings is 2. The summed E-state index contributed by atoms with van der Waals surface area (Å²) in [5.41, 5.74) is 0.791. The van der Waals surface area contributed by atoms with Gasteiger partial charge < -0.3 is 24.7 Å². The van der Waals surface area contributed by atoms with Crippen molar-refractivity contribution >= 4 is 35.2 Å². The Balaban J connectivity index is 1.50. The number of rotatable bonds is 6. The molecular formula is C23H18F2N4O6. The van der Waals surface area contributed by atoms with Crippen molar-refractivity contribution in [2.75, 3.05) is 13.7 Å². The van der Waals surface area contributed by atoms with E-state index in [2.05, 4.69) is 10.6 Å². The van der Waals surface area contributed by atoms with Crippen LogP contribution in [0.25, 0.3) is 11.0 Å². The number of hydrogen-bond acceptors (Lipinski definition) is 6. The van der Waals surface area contributed by atoms with Crippen LogP contribution in [-0.4, -0.2) is 42.8 Å². The van der Waals surface area contributed by atoms with Crippen molar-refractivity contribution in [1.29, 1.82) is 0 Å². The molecule has 35 heavy (non-hydrogen) atoms. The third-order valence-corrected chi connectivity index (χ3v) is 6.05. The normalized spacial score (nSPS) is 15.0. The summed E-state index contributed by atoms with van der Waals surface area (Å²) in [6.45, 7) is -0.0193. The first-order chi connectivity index (χ1) is 16.8. The number of imide groups is 1. The van der Waals surface area contributed by atoms with Gasteiger partial charge in [0.25, 0.3) is 11.8 Å². The molecule has 0 saturated heterocycles. The highest BCUT2D eigenvalue weighted by Crippen LogP contribution is 2.35. The Bertz CT molecular complexity index is 1420. The third kappa shape index (κ3) is 3.63. The second-order valence-corrected chi connectivity index (χ2v) is 8.05. The maximum atomic E-state index is 14.7. The standard InChI is InChI=1S/C23H18F2N4O6/c1-34-15-3-2-10-7-29(22(32)17(10)19(15)25)8-14(28-23(33)27-9-30)16-5-11-4-13(24)18-12(20(11)35-16)6-26-21(18)31/h2-5,9,14H,6-8H2,1H3,(H,26,31)(H2,27,28,30,33)/t14-/m0/s1. The molecule has 1 atom stereocenters. The van der Waals surface area contributed by atoms with Crippen molar-refractivity contribution in [1.82, 2.24) is 20.9 Å². The lowest BCUT2D eigenvalue weighted by molar-refractivity contribution is -0.108. The molecule has 0 radical (unpaired) electrons. The van der Waals surface area contributed by atoms with Gasteiger partial charge >= 0.3 is 6.03 Å². The van der Waals surface area contributed by atoms with Gasteiger partial charge in [-0.3, -0.25) is 19.7 Å². The average molecular weight is 484 g/mol. The highest BCUT2D eigenvalue weighted by molar-refractivity contribution is 6.03. The molecule has 2 aliphatic rings. The Hall–Kier alpha value is -4.48. The molecular weight excluding hydrogens is 466 g/mol. The summed E-state index contributed by atoms with van der Waals surface area (Å²) in [6, 6.07) is 3.76. The van der Waals surface area contributed by atoms with Crippen LogP contribution >= 0.6 is 0 Å². The maximum Gasteiger partial charge on any atom is 0.321 e. The van der Waals surface area contributed by atoms with Crippen LogP contribution in [0.3, 0.4) is 0 Å². The number of carbonyl (C=O) groups excluding carboxylic acids is 4. The van der Waals surface area contributed by atoms with Gasteiger partial charge in [0.15, 0.2) is 11.6 Å². The van der Waals surface area contributed by atoms with Gasteiger partial charge in [0.2, 0.25) is 6.41 Å². The number of fused-ring (bicyclic) bond motifs is 4. The minimum Gasteiger partial charge on any atom is -0.494 e. The summed E-state index contributed by atoms with van der Waals surface area (Å²) in [7, 11) is 1.29. The first-order valence-electron chi connectivity index (χ1n) is 10.5. The van der Waals surface area contributed by atoms with Crippen molar-refractivity contribution in [3.63, 3.8) is 0 Å². The van der Waals surface area contributed by atoms with E-state index in [0.29, 0.717) is 16.5 Å². The zero-order valence-corrected chi connectivity index (χ0v) is 18.2. The van der Waals surface area contributed by atoms with E-state index in [4.69, 9.17) is 9.15 Å². The summed E-state index contributed by atoms with van der Waals surface area (Å²) in [5, 5.41) is 7.37. The van der Waals surface area contributed by atoms with Crippen molar-refractivity contribution in [2.45, 2.75) is 19.1 Å².